The van der Waals surface area contributed by atoms with Gasteiger partial charge in [0.15, 0.2) is 10.9 Å². The molecular formula is C24H21N3O5S2. The van der Waals surface area contributed by atoms with Gasteiger partial charge in [0.2, 0.25) is 0 Å². The molecule has 0 saturated carbocycles. The van der Waals surface area contributed by atoms with Crippen molar-refractivity contribution in [1.82, 2.24) is 4.98 Å². The van der Waals surface area contributed by atoms with Crippen LogP contribution in [0.25, 0.3) is 0 Å². The number of fused-ring (bicyclic) bond motifs is 1. The molecule has 0 aliphatic heterocycles. The lowest BCUT2D eigenvalue weighted by Gasteiger charge is -2.08. The number of furan rings is 1. The number of thiazole rings is 1. The lowest BCUT2D eigenvalue weighted by Crippen LogP contribution is -2.13. The van der Waals surface area contributed by atoms with Gasteiger partial charge < -0.3 is 14.5 Å². The summed E-state index contributed by atoms with van der Waals surface area (Å²) in [4.78, 5) is 16.5. The molecule has 0 saturated heterocycles. The molecule has 1 aliphatic rings. The second-order valence-corrected chi connectivity index (χ2v) is 10.3. The largest absolute Gasteiger partial charge is 0.486 e. The van der Waals surface area contributed by atoms with E-state index >= 15 is 0 Å². The van der Waals surface area contributed by atoms with E-state index in [-0.39, 0.29) is 22.4 Å². The molecule has 34 heavy (non-hydrogen) atoms. The summed E-state index contributed by atoms with van der Waals surface area (Å²) in [5.41, 5.74) is 3.14. The van der Waals surface area contributed by atoms with Gasteiger partial charge in [-0.2, -0.15) is 0 Å². The standard InChI is InChI=1S/C24H21N3O5S2/c28-23(26-18-5-9-21(10-6-18)34(29,30)27-24-25-12-13-33-24)22-11-8-20(32-22)15-31-19-7-4-16-2-1-3-17(16)14-19/h4-14H,1-3,15H2,(H,25,27)(H,26,28). The van der Waals surface area contributed by atoms with Gasteiger partial charge in [-0.3, -0.25) is 9.52 Å². The Morgan fingerprint density at radius 3 is 2.68 bits per heavy atom. The van der Waals surface area contributed by atoms with Crippen LogP contribution in [0.15, 0.2) is 75.5 Å². The minimum Gasteiger partial charge on any atom is -0.486 e. The maximum Gasteiger partial charge on any atom is 0.291 e. The van der Waals surface area contributed by atoms with Crippen LogP contribution in [0.5, 0.6) is 5.75 Å². The van der Waals surface area contributed by atoms with Crippen LogP contribution in [0.4, 0.5) is 10.8 Å². The third-order valence-corrected chi connectivity index (χ3v) is 7.59. The number of carbonyl (C=O) groups excluding carboxylic acids is 1. The molecule has 174 valence electrons. The quantitative estimate of drug-likeness (QED) is 0.361. The highest BCUT2D eigenvalue weighted by atomic mass is 32.2. The molecule has 0 spiro atoms. The Bertz CT molecular complexity index is 1410. The zero-order valence-corrected chi connectivity index (χ0v) is 19.6. The molecule has 4 aromatic rings. The number of hydrogen-bond donors (Lipinski definition) is 2. The van der Waals surface area contributed by atoms with Crippen LogP contribution in [0.2, 0.25) is 0 Å². The average molecular weight is 496 g/mol. The summed E-state index contributed by atoms with van der Waals surface area (Å²) in [6.45, 7) is 0.213. The van der Waals surface area contributed by atoms with Crippen molar-refractivity contribution < 1.29 is 22.4 Å². The zero-order valence-electron chi connectivity index (χ0n) is 18.0. The smallest absolute Gasteiger partial charge is 0.291 e. The van der Waals surface area contributed by atoms with E-state index < -0.39 is 15.9 Å². The lowest BCUT2D eigenvalue weighted by atomic mass is 10.1. The number of rotatable bonds is 8. The number of hydrogen-bond acceptors (Lipinski definition) is 7. The second-order valence-electron chi connectivity index (χ2n) is 7.76. The van der Waals surface area contributed by atoms with E-state index in [1.807, 2.05) is 6.07 Å². The SMILES string of the molecule is O=C(Nc1ccc(S(=O)(=O)Nc2nccs2)cc1)c1ccc(COc2ccc3c(c2)CCC3)o1. The minimum atomic E-state index is -3.76. The highest BCUT2D eigenvalue weighted by molar-refractivity contribution is 7.93. The first-order chi connectivity index (χ1) is 16.5. The number of anilines is 2. The van der Waals surface area contributed by atoms with Crippen molar-refractivity contribution in [3.05, 3.63) is 88.8 Å². The third kappa shape index (κ3) is 4.97. The molecule has 0 atom stereocenters. The summed E-state index contributed by atoms with van der Waals surface area (Å²) >= 11 is 1.18. The van der Waals surface area contributed by atoms with Gasteiger partial charge in [0, 0.05) is 17.3 Å². The van der Waals surface area contributed by atoms with E-state index in [1.165, 1.54) is 59.3 Å². The van der Waals surface area contributed by atoms with Gasteiger partial charge in [-0.25, -0.2) is 13.4 Å². The van der Waals surface area contributed by atoms with E-state index in [9.17, 15) is 13.2 Å². The first-order valence-electron chi connectivity index (χ1n) is 10.6. The number of nitrogens with zero attached hydrogens (tertiary/aromatic N) is 1. The second kappa shape index (κ2) is 9.32. The fraction of sp³-hybridized carbons (Fsp3) is 0.167. The van der Waals surface area contributed by atoms with Crippen LogP contribution in [0.3, 0.4) is 0 Å². The Balaban J connectivity index is 1.18. The highest BCUT2D eigenvalue weighted by Gasteiger charge is 2.17. The zero-order chi connectivity index (χ0) is 23.5. The van der Waals surface area contributed by atoms with E-state index in [0.717, 1.165) is 18.6 Å². The maximum absolute atomic E-state index is 12.5. The van der Waals surface area contributed by atoms with Crippen molar-refractivity contribution in [2.75, 3.05) is 10.0 Å². The lowest BCUT2D eigenvalue weighted by molar-refractivity contribution is 0.0992. The summed E-state index contributed by atoms with van der Waals surface area (Å²) in [5.74, 6) is 0.998. The summed E-state index contributed by atoms with van der Waals surface area (Å²) in [5, 5.41) is 4.66. The number of benzene rings is 2. The molecule has 0 radical (unpaired) electrons. The Labute approximate surface area is 200 Å². The van der Waals surface area contributed by atoms with Gasteiger partial charge in [0.05, 0.1) is 4.90 Å². The van der Waals surface area contributed by atoms with Crippen LogP contribution in [-0.2, 0) is 29.5 Å². The van der Waals surface area contributed by atoms with E-state index in [0.29, 0.717) is 11.4 Å². The van der Waals surface area contributed by atoms with E-state index in [1.54, 1.807) is 17.5 Å². The summed E-state index contributed by atoms with van der Waals surface area (Å²) in [6.07, 6.45) is 4.89. The number of nitrogens with one attached hydrogen (secondary N) is 2. The highest BCUT2D eigenvalue weighted by Crippen LogP contribution is 2.27. The predicted molar refractivity (Wildman–Crippen MR) is 129 cm³/mol. The predicted octanol–water partition coefficient (Wildman–Crippen LogP) is 4.86. The van der Waals surface area contributed by atoms with Crippen LogP contribution >= 0.6 is 11.3 Å². The molecule has 1 amide bonds. The molecule has 10 heteroatoms. The topological polar surface area (TPSA) is 111 Å². The van der Waals surface area contributed by atoms with Gasteiger partial charge in [-0.1, -0.05) is 6.07 Å². The molecule has 0 unspecified atom stereocenters. The van der Waals surface area contributed by atoms with Crippen molar-refractivity contribution in [3.63, 3.8) is 0 Å². The molecule has 0 bridgehead atoms. The Kier molecular flexibility index (Phi) is 6.08. The number of amides is 1. The molecule has 8 nitrogen and oxygen atoms in total. The van der Waals surface area contributed by atoms with Crippen molar-refractivity contribution in [2.24, 2.45) is 0 Å². The van der Waals surface area contributed by atoms with Crippen LogP contribution in [0.1, 0.15) is 33.9 Å². The van der Waals surface area contributed by atoms with Gasteiger partial charge in [0.25, 0.3) is 15.9 Å². The molecule has 2 aromatic heterocycles. The fourth-order valence-electron chi connectivity index (χ4n) is 3.73. The van der Waals surface area contributed by atoms with Gasteiger partial charge >= 0.3 is 0 Å². The monoisotopic (exact) mass is 495 g/mol. The molecule has 5 rings (SSSR count). The number of aromatic nitrogens is 1. The van der Waals surface area contributed by atoms with E-state index in [2.05, 4.69) is 27.2 Å². The number of sulfonamides is 1. The number of aryl methyl sites for hydroxylation is 2. The van der Waals surface area contributed by atoms with Crippen LogP contribution < -0.4 is 14.8 Å². The van der Waals surface area contributed by atoms with Crippen LogP contribution in [-0.4, -0.2) is 19.3 Å². The van der Waals surface area contributed by atoms with Crippen molar-refractivity contribution >= 4 is 38.1 Å². The summed E-state index contributed by atoms with van der Waals surface area (Å²) < 4.78 is 38.7. The first kappa shape index (κ1) is 22.2. The number of carbonyl (C=O) groups is 1. The van der Waals surface area contributed by atoms with Gasteiger partial charge in [0.1, 0.15) is 18.1 Å². The Hall–Kier alpha value is -3.63. The summed E-state index contributed by atoms with van der Waals surface area (Å²) in [7, 11) is -3.76. The Morgan fingerprint density at radius 2 is 1.88 bits per heavy atom. The number of ether oxygens (including phenoxy) is 1. The molecule has 2 N–H and O–H groups in total. The van der Waals surface area contributed by atoms with Crippen molar-refractivity contribution in [2.45, 2.75) is 30.8 Å². The van der Waals surface area contributed by atoms with Gasteiger partial charge in [-0.15, -0.1) is 11.3 Å². The van der Waals surface area contributed by atoms with Crippen molar-refractivity contribution in [1.29, 1.82) is 0 Å². The molecule has 1 aliphatic carbocycles. The molecule has 2 aromatic carbocycles. The van der Waals surface area contributed by atoms with Crippen LogP contribution in [0, 0.1) is 0 Å². The fourth-order valence-corrected chi connectivity index (χ4v) is 5.52. The van der Waals surface area contributed by atoms with Crippen molar-refractivity contribution in [3.8, 4) is 5.75 Å². The Morgan fingerprint density at radius 1 is 1.06 bits per heavy atom. The molecular weight excluding hydrogens is 474 g/mol. The third-order valence-electron chi connectivity index (χ3n) is 5.41. The minimum absolute atomic E-state index is 0.0599. The molecule has 2 heterocycles. The average Bonchev–Trinajstić information content (AvgIpc) is 3.59. The first-order valence-corrected chi connectivity index (χ1v) is 13.0. The molecule has 0 fully saturated rings. The normalized spacial score (nSPS) is 12.8. The van der Waals surface area contributed by atoms with E-state index in [4.69, 9.17) is 9.15 Å². The van der Waals surface area contributed by atoms with Gasteiger partial charge in [-0.05, 0) is 78.9 Å². The maximum atomic E-state index is 12.5. The summed E-state index contributed by atoms with van der Waals surface area (Å²) in [6, 6.07) is 15.2.